The van der Waals surface area contributed by atoms with Gasteiger partial charge in [-0.3, -0.25) is 4.79 Å². The topological polar surface area (TPSA) is 46.3 Å². The van der Waals surface area contributed by atoms with Crippen molar-refractivity contribution in [3.8, 4) is 0 Å². The number of carbonyl (C=O) groups excluding carboxylic acids is 1. The number of nitrogens with two attached hydrogens (primary N) is 1. The Morgan fingerprint density at radius 3 is 2.71 bits per heavy atom. The minimum atomic E-state index is -0.295. The zero-order valence-corrected chi connectivity index (χ0v) is 11.9. The maximum Gasteiger partial charge on any atom is 0.254 e. The third-order valence-corrected chi connectivity index (χ3v) is 4.26. The van der Waals surface area contributed by atoms with Crippen LogP contribution in [0.3, 0.4) is 0 Å². The van der Waals surface area contributed by atoms with E-state index in [-0.39, 0.29) is 17.8 Å². The van der Waals surface area contributed by atoms with Gasteiger partial charge in [-0.2, -0.15) is 0 Å². The van der Waals surface area contributed by atoms with Crippen LogP contribution >= 0.6 is 0 Å². The summed E-state index contributed by atoms with van der Waals surface area (Å²) >= 11 is 0. The van der Waals surface area contributed by atoms with E-state index in [9.17, 15) is 9.18 Å². The highest BCUT2D eigenvalue weighted by atomic mass is 19.1. The van der Waals surface area contributed by atoms with Crippen LogP contribution in [0.2, 0.25) is 0 Å². The number of halogens is 1. The van der Waals surface area contributed by atoms with Crippen LogP contribution in [0.4, 0.5) is 4.39 Å². The quantitative estimate of drug-likeness (QED) is 0.922. The fraction of sp³-hybridized carbons (Fsp3) is 0.353. The third kappa shape index (κ3) is 2.51. The van der Waals surface area contributed by atoms with Crippen LogP contribution in [0, 0.1) is 5.82 Å². The van der Waals surface area contributed by atoms with Gasteiger partial charge in [-0.15, -0.1) is 0 Å². The molecule has 0 bridgehead atoms. The number of nitrogens with zero attached hydrogens (tertiary/aromatic N) is 1. The maximum atomic E-state index is 13.9. The standard InChI is InChI=1S/C17H19FN2O/c18-16-9-8-15(13-6-1-2-7-14(13)16)17(21)20-10-4-3-5-12(20)11-19/h1-2,6-9,12H,3-5,10-11,19H2. The second-order valence-electron chi connectivity index (χ2n) is 5.52. The molecule has 1 fully saturated rings. The van der Waals surface area contributed by atoms with Gasteiger partial charge in [0, 0.05) is 30.1 Å². The number of amides is 1. The number of rotatable bonds is 2. The molecule has 21 heavy (non-hydrogen) atoms. The molecule has 3 rings (SSSR count). The van der Waals surface area contributed by atoms with Crippen molar-refractivity contribution in [3.63, 3.8) is 0 Å². The van der Waals surface area contributed by atoms with Crippen molar-refractivity contribution in [1.29, 1.82) is 0 Å². The van der Waals surface area contributed by atoms with Crippen LogP contribution in [0.5, 0.6) is 0 Å². The fourth-order valence-electron chi connectivity index (χ4n) is 3.12. The molecule has 3 nitrogen and oxygen atoms in total. The highest BCUT2D eigenvalue weighted by Gasteiger charge is 2.27. The summed E-state index contributed by atoms with van der Waals surface area (Å²) in [6.45, 7) is 1.21. The number of fused-ring (bicyclic) bond motifs is 1. The van der Waals surface area contributed by atoms with E-state index in [4.69, 9.17) is 5.73 Å². The molecule has 4 heteroatoms. The van der Waals surface area contributed by atoms with Crippen molar-refractivity contribution < 1.29 is 9.18 Å². The summed E-state index contributed by atoms with van der Waals surface area (Å²) in [7, 11) is 0. The van der Waals surface area contributed by atoms with Crippen LogP contribution in [-0.2, 0) is 0 Å². The first kappa shape index (κ1) is 14.0. The van der Waals surface area contributed by atoms with E-state index < -0.39 is 0 Å². The Hall–Kier alpha value is -1.94. The van der Waals surface area contributed by atoms with Gasteiger partial charge in [0.05, 0.1) is 0 Å². The molecule has 0 saturated carbocycles. The van der Waals surface area contributed by atoms with Crippen LogP contribution in [-0.4, -0.2) is 29.9 Å². The first-order chi connectivity index (χ1) is 10.2. The lowest BCUT2D eigenvalue weighted by Gasteiger charge is -2.35. The van der Waals surface area contributed by atoms with E-state index in [1.54, 1.807) is 24.3 Å². The number of hydrogen-bond acceptors (Lipinski definition) is 2. The molecule has 2 N–H and O–H groups in total. The predicted octanol–water partition coefficient (Wildman–Crippen LogP) is 2.93. The van der Waals surface area contributed by atoms with Crippen LogP contribution in [0.1, 0.15) is 29.6 Å². The summed E-state index contributed by atoms with van der Waals surface area (Å²) < 4.78 is 13.9. The summed E-state index contributed by atoms with van der Waals surface area (Å²) in [6.07, 6.45) is 3.05. The molecule has 1 amide bonds. The molecule has 0 aliphatic carbocycles. The Morgan fingerprint density at radius 2 is 1.95 bits per heavy atom. The van der Waals surface area contributed by atoms with Gasteiger partial charge >= 0.3 is 0 Å². The molecule has 1 atom stereocenters. The monoisotopic (exact) mass is 286 g/mol. The van der Waals surface area contributed by atoms with E-state index in [1.807, 2.05) is 11.0 Å². The molecule has 2 aromatic carbocycles. The zero-order chi connectivity index (χ0) is 14.8. The zero-order valence-electron chi connectivity index (χ0n) is 11.9. The van der Waals surface area contributed by atoms with E-state index in [0.29, 0.717) is 22.9 Å². The first-order valence-corrected chi connectivity index (χ1v) is 7.40. The minimum Gasteiger partial charge on any atom is -0.334 e. The molecule has 1 unspecified atom stereocenters. The second-order valence-corrected chi connectivity index (χ2v) is 5.52. The Kier molecular flexibility index (Phi) is 3.88. The van der Waals surface area contributed by atoms with Gasteiger partial charge in [0.15, 0.2) is 0 Å². The van der Waals surface area contributed by atoms with E-state index in [0.717, 1.165) is 25.8 Å². The number of carbonyl (C=O) groups is 1. The predicted molar refractivity (Wildman–Crippen MR) is 81.6 cm³/mol. The number of piperidine rings is 1. The lowest BCUT2D eigenvalue weighted by molar-refractivity contribution is 0.0625. The molecular weight excluding hydrogens is 267 g/mol. The van der Waals surface area contributed by atoms with Gasteiger partial charge < -0.3 is 10.6 Å². The first-order valence-electron chi connectivity index (χ1n) is 7.40. The van der Waals surface area contributed by atoms with Gasteiger partial charge in [0.25, 0.3) is 5.91 Å². The largest absolute Gasteiger partial charge is 0.334 e. The van der Waals surface area contributed by atoms with Gasteiger partial charge in [-0.05, 0) is 36.8 Å². The molecule has 1 heterocycles. The SMILES string of the molecule is NCC1CCCCN1C(=O)c1ccc(F)c2ccccc12. The number of benzene rings is 2. The Labute approximate surface area is 123 Å². The van der Waals surface area contributed by atoms with Gasteiger partial charge in [0.1, 0.15) is 5.82 Å². The number of hydrogen-bond donors (Lipinski definition) is 1. The molecule has 0 spiro atoms. The summed E-state index contributed by atoms with van der Waals surface area (Å²) in [5, 5.41) is 1.16. The number of likely N-dealkylation sites (tertiary alicyclic amines) is 1. The van der Waals surface area contributed by atoms with E-state index >= 15 is 0 Å². The van der Waals surface area contributed by atoms with Crippen molar-refractivity contribution in [2.45, 2.75) is 25.3 Å². The Bertz CT molecular complexity index is 671. The van der Waals surface area contributed by atoms with Gasteiger partial charge in [-0.25, -0.2) is 4.39 Å². The third-order valence-electron chi connectivity index (χ3n) is 4.26. The Morgan fingerprint density at radius 1 is 1.19 bits per heavy atom. The van der Waals surface area contributed by atoms with Crippen LogP contribution in [0.25, 0.3) is 10.8 Å². The lowest BCUT2D eigenvalue weighted by Crippen LogP contribution is -2.47. The molecule has 1 saturated heterocycles. The van der Waals surface area contributed by atoms with E-state index in [1.165, 1.54) is 6.07 Å². The highest BCUT2D eigenvalue weighted by molar-refractivity contribution is 6.07. The van der Waals surface area contributed by atoms with Crippen molar-refractivity contribution >= 4 is 16.7 Å². The molecule has 2 aromatic rings. The molecule has 1 aliphatic heterocycles. The minimum absolute atomic E-state index is 0.0404. The van der Waals surface area contributed by atoms with Crippen molar-refractivity contribution in [1.82, 2.24) is 4.90 Å². The van der Waals surface area contributed by atoms with Crippen molar-refractivity contribution in [2.75, 3.05) is 13.1 Å². The van der Waals surface area contributed by atoms with Gasteiger partial charge in [0.2, 0.25) is 0 Å². The molecule has 1 aliphatic rings. The average molecular weight is 286 g/mol. The van der Waals surface area contributed by atoms with Crippen LogP contribution < -0.4 is 5.73 Å². The Balaban J connectivity index is 2.03. The second kappa shape index (κ2) is 5.82. The normalized spacial score (nSPS) is 19.0. The molecule has 110 valence electrons. The molecule has 0 radical (unpaired) electrons. The smallest absolute Gasteiger partial charge is 0.254 e. The lowest BCUT2D eigenvalue weighted by atomic mass is 9.98. The summed E-state index contributed by atoms with van der Waals surface area (Å²) in [5.41, 5.74) is 6.35. The summed E-state index contributed by atoms with van der Waals surface area (Å²) in [5.74, 6) is -0.336. The molecular formula is C17H19FN2O. The maximum absolute atomic E-state index is 13.9. The highest BCUT2D eigenvalue weighted by Crippen LogP contribution is 2.25. The summed E-state index contributed by atoms with van der Waals surface area (Å²) in [6, 6.07) is 10.2. The van der Waals surface area contributed by atoms with Crippen molar-refractivity contribution in [2.24, 2.45) is 5.73 Å². The summed E-state index contributed by atoms with van der Waals surface area (Å²) in [4.78, 5) is 14.7. The van der Waals surface area contributed by atoms with Crippen molar-refractivity contribution in [3.05, 3.63) is 47.8 Å². The van der Waals surface area contributed by atoms with E-state index in [2.05, 4.69) is 0 Å². The fourth-order valence-corrected chi connectivity index (χ4v) is 3.12. The average Bonchev–Trinajstić information content (AvgIpc) is 2.55. The van der Waals surface area contributed by atoms with Gasteiger partial charge in [-0.1, -0.05) is 24.3 Å². The molecule has 0 aromatic heterocycles. The van der Waals surface area contributed by atoms with Crippen LogP contribution in [0.15, 0.2) is 36.4 Å².